The highest BCUT2D eigenvalue weighted by Crippen LogP contribution is 2.31. The van der Waals surface area contributed by atoms with Crippen LogP contribution >= 0.6 is 22.7 Å². The molecule has 8 heteroatoms. The first-order valence-corrected chi connectivity index (χ1v) is 12.0. The number of amides is 2. The minimum Gasteiger partial charge on any atom is -0.496 e. The molecule has 0 atom stereocenters. The molecule has 0 unspecified atom stereocenters. The highest BCUT2D eigenvalue weighted by molar-refractivity contribution is 7.22. The quantitative estimate of drug-likeness (QED) is 0.606. The number of nitrogens with zero attached hydrogens (tertiary/aromatic N) is 2. The number of thiazole rings is 1. The van der Waals surface area contributed by atoms with Gasteiger partial charge in [0.2, 0.25) is 5.91 Å². The highest BCUT2D eigenvalue weighted by atomic mass is 32.1. The van der Waals surface area contributed by atoms with Gasteiger partial charge in [-0.2, -0.15) is 0 Å². The summed E-state index contributed by atoms with van der Waals surface area (Å²) in [7, 11) is 1.62. The first kappa shape index (κ1) is 21.5. The summed E-state index contributed by atoms with van der Waals surface area (Å²) in [4.78, 5) is 33.7. The van der Waals surface area contributed by atoms with Crippen molar-refractivity contribution >= 4 is 34.5 Å². The van der Waals surface area contributed by atoms with Gasteiger partial charge in [0, 0.05) is 24.7 Å². The van der Waals surface area contributed by atoms with Gasteiger partial charge in [-0.3, -0.25) is 9.59 Å². The van der Waals surface area contributed by atoms with Gasteiger partial charge in [0.25, 0.3) is 5.91 Å². The Labute approximate surface area is 189 Å². The first-order valence-electron chi connectivity index (χ1n) is 10.3. The van der Waals surface area contributed by atoms with E-state index in [-0.39, 0.29) is 17.9 Å². The van der Waals surface area contributed by atoms with Gasteiger partial charge in [0.1, 0.15) is 15.6 Å². The lowest BCUT2D eigenvalue weighted by Gasteiger charge is -2.32. The molecule has 0 bridgehead atoms. The molecule has 1 N–H and O–H groups in total. The predicted molar refractivity (Wildman–Crippen MR) is 124 cm³/mol. The van der Waals surface area contributed by atoms with E-state index in [0.717, 1.165) is 39.7 Å². The SMILES string of the molecule is COc1ccccc1CC(=O)N1CCC(NC(=O)c2sc(-c3cccs3)nc2C)CC1. The number of piperidine rings is 1. The van der Waals surface area contributed by atoms with E-state index in [2.05, 4.69) is 10.3 Å². The second-order valence-corrected chi connectivity index (χ2v) is 9.47. The average Bonchev–Trinajstić information content (AvgIpc) is 3.44. The van der Waals surface area contributed by atoms with Crippen molar-refractivity contribution < 1.29 is 14.3 Å². The zero-order chi connectivity index (χ0) is 21.8. The minimum atomic E-state index is -0.0726. The summed E-state index contributed by atoms with van der Waals surface area (Å²) in [5, 5.41) is 6.03. The third-order valence-corrected chi connectivity index (χ3v) is 7.65. The Morgan fingerprint density at radius 3 is 2.68 bits per heavy atom. The summed E-state index contributed by atoms with van der Waals surface area (Å²) in [5.41, 5.74) is 1.66. The van der Waals surface area contributed by atoms with Gasteiger partial charge in [-0.05, 0) is 37.3 Å². The van der Waals surface area contributed by atoms with E-state index in [4.69, 9.17) is 4.74 Å². The van der Waals surface area contributed by atoms with Gasteiger partial charge in [0.05, 0.1) is 24.1 Å². The molecular formula is C23H25N3O3S2. The number of aromatic nitrogens is 1. The maximum atomic E-state index is 12.8. The molecule has 0 saturated carbocycles. The van der Waals surface area contributed by atoms with E-state index in [0.29, 0.717) is 24.4 Å². The molecule has 31 heavy (non-hydrogen) atoms. The monoisotopic (exact) mass is 455 g/mol. The lowest BCUT2D eigenvalue weighted by atomic mass is 10.0. The van der Waals surface area contributed by atoms with Crippen molar-refractivity contribution in [3.05, 3.63) is 57.9 Å². The van der Waals surface area contributed by atoms with Crippen LogP contribution in [-0.4, -0.2) is 47.9 Å². The van der Waals surface area contributed by atoms with Gasteiger partial charge in [-0.15, -0.1) is 22.7 Å². The topological polar surface area (TPSA) is 71.5 Å². The Bertz CT molecular complexity index is 1050. The smallest absolute Gasteiger partial charge is 0.263 e. The molecule has 3 aromatic rings. The van der Waals surface area contributed by atoms with Crippen LogP contribution < -0.4 is 10.1 Å². The number of para-hydroxylation sites is 1. The zero-order valence-electron chi connectivity index (χ0n) is 17.6. The summed E-state index contributed by atoms with van der Waals surface area (Å²) < 4.78 is 5.35. The number of hydrogen-bond acceptors (Lipinski definition) is 6. The number of carbonyl (C=O) groups is 2. The molecule has 1 fully saturated rings. The molecule has 2 amide bonds. The number of ether oxygens (including phenoxy) is 1. The maximum Gasteiger partial charge on any atom is 0.263 e. The summed E-state index contributed by atoms with van der Waals surface area (Å²) in [6.07, 6.45) is 1.82. The fraction of sp³-hybridized carbons (Fsp3) is 0.348. The van der Waals surface area contributed by atoms with Gasteiger partial charge in [-0.25, -0.2) is 4.98 Å². The van der Waals surface area contributed by atoms with Crippen LogP contribution in [0.4, 0.5) is 0 Å². The molecule has 1 saturated heterocycles. The predicted octanol–water partition coefficient (Wildman–Crippen LogP) is 4.15. The fourth-order valence-electron chi connectivity index (χ4n) is 3.76. The number of rotatable bonds is 6. The second kappa shape index (κ2) is 9.62. The summed E-state index contributed by atoms with van der Waals surface area (Å²) >= 11 is 3.06. The van der Waals surface area contributed by atoms with Gasteiger partial charge in [0.15, 0.2) is 0 Å². The van der Waals surface area contributed by atoms with Crippen LogP contribution in [0.15, 0.2) is 41.8 Å². The Kier molecular flexibility index (Phi) is 6.67. The number of methoxy groups -OCH3 is 1. The van der Waals surface area contributed by atoms with Crippen molar-refractivity contribution in [3.8, 4) is 15.6 Å². The standard InChI is InChI=1S/C23H25N3O3S2/c1-15-21(31-23(24-15)19-8-5-13-30-19)22(28)25-17-9-11-26(12-10-17)20(27)14-16-6-3-4-7-18(16)29-2/h3-8,13,17H,9-12,14H2,1-2H3,(H,25,28). The number of carbonyl (C=O) groups excluding carboxylic acids is 2. The normalized spacial score (nSPS) is 14.5. The van der Waals surface area contributed by atoms with E-state index in [1.807, 2.05) is 53.6 Å². The molecule has 1 aliphatic heterocycles. The third kappa shape index (κ3) is 4.97. The number of thiophene rings is 1. The van der Waals surface area contributed by atoms with Crippen molar-refractivity contribution in [3.63, 3.8) is 0 Å². The van der Waals surface area contributed by atoms with E-state index < -0.39 is 0 Å². The van der Waals surface area contributed by atoms with Gasteiger partial charge in [-0.1, -0.05) is 24.3 Å². The number of benzene rings is 1. The third-order valence-electron chi connectivity index (χ3n) is 5.45. The minimum absolute atomic E-state index is 0.0644. The van der Waals surface area contributed by atoms with Gasteiger partial charge < -0.3 is 15.0 Å². The van der Waals surface area contributed by atoms with E-state index in [1.165, 1.54) is 11.3 Å². The van der Waals surface area contributed by atoms with Crippen molar-refractivity contribution in [2.24, 2.45) is 0 Å². The van der Waals surface area contributed by atoms with Crippen molar-refractivity contribution in [1.82, 2.24) is 15.2 Å². The average molecular weight is 456 g/mol. The first-order chi connectivity index (χ1) is 15.0. The number of hydrogen-bond donors (Lipinski definition) is 1. The molecule has 0 aliphatic carbocycles. The van der Waals surface area contributed by atoms with Crippen molar-refractivity contribution in [2.45, 2.75) is 32.2 Å². The molecule has 0 radical (unpaired) electrons. The second-order valence-electron chi connectivity index (χ2n) is 7.53. The molecular weight excluding hydrogens is 430 g/mol. The summed E-state index contributed by atoms with van der Waals surface area (Å²) in [6.45, 7) is 3.16. The van der Waals surface area contributed by atoms with Crippen LogP contribution in [0.25, 0.3) is 9.88 Å². The highest BCUT2D eigenvalue weighted by Gasteiger charge is 2.26. The number of likely N-dealkylation sites (tertiary alicyclic amines) is 1. The molecule has 1 aliphatic rings. The van der Waals surface area contributed by atoms with Crippen LogP contribution in [0.2, 0.25) is 0 Å². The van der Waals surface area contributed by atoms with Crippen LogP contribution in [0.3, 0.4) is 0 Å². The van der Waals surface area contributed by atoms with Gasteiger partial charge >= 0.3 is 0 Å². The van der Waals surface area contributed by atoms with Crippen LogP contribution in [0.1, 0.15) is 33.8 Å². The van der Waals surface area contributed by atoms with Crippen molar-refractivity contribution in [1.29, 1.82) is 0 Å². The van der Waals surface area contributed by atoms with Crippen molar-refractivity contribution in [2.75, 3.05) is 20.2 Å². The number of aryl methyl sites for hydroxylation is 1. The fourth-order valence-corrected chi connectivity index (χ4v) is 5.53. The van der Waals surface area contributed by atoms with E-state index >= 15 is 0 Å². The molecule has 2 aromatic heterocycles. The summed E-state index contributed by atoms with van der Waals surface area (Å²) in [5.74, 6) is 0.754. The largest absolute Gasteiger partial charge is 0.496 e. The molecule has 1 aromatic carbocycles. The van der Waals surface area contributed by atoms with Crippen LogP contribution in [-0.2, 0) is 11.2 Å². The zero-order valence-corrected chi connectivity index (χ0v) is 19.2. The molecule has 162 valence electrons. The lowest BCUT2D eigenvalue weighted by molar-refractivity contribution is -0.131. The van der Waals surface area contributed by atoms with E-state index in [1.54, 1.807) is 18.4 Å². The number of nitrogens with one attached hydrogen (secondary N) is 1. The lowest BCUT2D eigenvalue weighted by Crippen LogP contribution is -2.47. The Morgan fingerprint density at radius 2 is 1.97 bits per heavy atom. The summed E-state index contributed by atoms with van der Waals surface area (Å²) in [6, 6.07) is 11.7. The Morgan fingerprint density at radius 1 is 1.19 bits per heavy atom. The maximum absolute atomic E-state index is 12.8. The molecule has 6 nitrogen and oxygen atoms in total. The molecule has 3 heterocycles. The van der Waals surface area contributed by atoms with Crippen LogP contribution in [0.5, 0.6) is 5.75 Å². The van der Waals surface area contributed by atoms with Crippen LogP contribution in [0, 0.1) is 6.92 Å². The molecule has 4 rings (SSSR count). The Hall–Kier alpha value is -2.71. The molecule has 0 spiro atoms. The Balaban J connectivity index is 1.31. The van der Waals surface area contributed by atoms with E-state index in [9.17, 15) is 9.59 Å².